The molecule has 0 saturated heterocycles. The van der Waals surface area contributed by atoms with Crippen LogP contribution in [0.3, 0.4) is 0 Å². The van der Waals surface area contributed by atoms with Gasteiger partial charge in [0.15, 0.2) is 0 Å². The van der Waals surface area contributed by atoms with E-state index >= 15 is 0 Å². The quantitative estimate of drug-likeness (QED) is 0.709. The highest BCUT2D eigenvalue weighted by Gasteiger charge is 2.45. The molecule has 3 atom stereocenters. The summed E-state index contributed by atoms with van der Waals surface area (Å²) in [6, 6.07) is 7.06. The van der Waals surface area contributed by atoms with Gasteiger partial charge in [-0.2, -0.15) is 0 Å². The summed E-state index contributed by atoms with van der Waals surface area (Å²) in [5.74, 6) is 2.22. The minimum absolute atomic E-state index is 0.395. The molecular weight excluding hydrogens is 256 g/mol. The average molecular weight is 284 g/mol. The van der Waals surface area contributed by atoms with Crippen molar-refractivity contribution in [3.05, 3.63) is 34.9 Å². The summed E-state index contributed by atoms with van der Waals surface area (Å²) in [6.45, 7) is 7.04. The van der Waals surface area contributed by atoms with Crippen LogP contribution in [0.15, 0.2) is 18.2 Å². The molecule has 0 amide bonds. The minimum atomic E-state index is 0.395. The average Bonchev–Trinajstić information content (AvgIpc) is 2.45. The zero-order valence-corrected chi connectivity index (χ0v) is 13.7. The van der Waals surface area contributed by atoms with Crippen LogP contribution in [-0.2, 0) is 11.2 Å². The number of rotatable bonds is 3. The molecular formula is C20H28O. The number of benzene rings is 1. The van der Waals surface area contributed by atoms with Crippen molar-refractivity contribution >= 4 is 6.29 Å². The van der Waals surface area contributed by atoms with Crippen LogP contribution in [0.1, 0.15) is 68.6 Å². The molecule has 3 unspecified atom stereocenters. The molecule has 1 aromatic rings. The SMILES string of the molecule is Cc1ccc2c(c1)CCC1C2CCC(C)(C)C1CCC=O. The van der Waals surface area contributed by atoms with Crippen molar-refractivity contribution in [1.82, 2.24) is 0 Å². The van der Waals surface area contributed by atoms with E-state index in [2.05, 4.69) is 39.0 Å². The maximum atomic E-state index is 10.9. The summed E-state index contributed by atoms with van der Waals surface area (Å²) in [7, 11) is 0. The maximum Gasteiger partial charge on any atom is 0.120 e. The Hall–Kier alpha value is -1.11. The number of aldehydes is 1. The molecule has 21 heavy (non-hydrogen) atoms. The summed E-state index contributed by atoms with van der Waals surface area (Å²) < 4.78 is 0. The molecule has 1 aromatic carbocycles. The zero-order valence-electron chi connectivity index (χ0n) is 13.7. The van der Waals surface area contributed by atoms with Gasteiger partial charge in [-0.1, -0.05) is 37.6 Å². The molecule has 0 aliphatic heterocycles. The number of carbonyl (C=O) groups is 1. The van der Waals surface area contributed by atoms with Crippen molar-refractivity contribution in [3.63, 3.8) is 0 Å². The summed E-state index contributed by atoms with van der Waals surface area (Å²) >= 11 is 0. The molecule has 1 fully saturated rings. The topological polar surface area (TPSA) is 17.1 Å². The first kappa shape index (κ1) is 14.8. The van der Waals surface area contributed by atoms with Crippen molar-refractivity contribution in [1.29, 1.82) is 0 Å². The van der Waals surface area contributed by atoms with Gasteiger partial charge in [0.25, 0.3) is 0 Å². The predicted molar refractivity (Wildman–Crippen MR) is 87.5 cm³/mol. The fraction of sp³-hybridized carbons (Fsp3) is 0.650. The van der Waals surface area contributed by atoms with Gasteiger partial charge in [-0.25, -0.2) is 0 Å². The molecule has 0 radical (unpaired) electrons. The highest BCUT2D eigenvalue weighted by molar-refractivity contribution is 5.49. The van der Waals surface area contributed by atoms with Crippen molar-refractivity contribution in [2.45, 2.75) is 65.2 Å². The molecule has 0 heterocycles. The molecule has 3 rings (SSSR count). The van der Waals surface area contributed by atoms with E-state index in [4.69, 9.17) is 0 Å². The van der Waals surface area contributed by atoms with E-state index in [0.29, 0.717) is 11.3 Å². The number of aryl methyl sites for hydroxylation is 2. The minimum Gasteiger partial charge on any atom is -0.303 e. The second-order valence-corrected chi connectivity index (χ2v) is 7.89. The molecule has 0 N–H and O–H groups in total. The Balaban J connectivity index is 1.91. The largest absolute Gasteiger partial charge is 0.303 e. The van der Waals surface area contributed by atoms with Gasteiger partial charge in [0.2, 0.25) is 0 Å². The molecule has 2 aliphatic carbocycles. The first-order valence-electron chi connectivity index (χ1n) is 8.56. The molecule has 114 valence electrons. The van der Waals surface area contributed by atoms with Gasteiger partial charge in [0.1, 0.15) is 6.29 Å². The third-order valence-electron chi connectivity index (χ3n) is 6.18. The first-order chi connectivity index (χ1) is 10.0. The van der Waals surface area contributed by atoms with Crippen LogP contribution >= 0.6 is 0 Å². The van der Waals surface area contributed by atoms with Crippen LogP contribution < -0.4 is 0 Å². The van der Waals surface area contributed by atoms with E-state index in [1.54, 1.807) is 11.1 Å². The van der Waals surface area contributed by atoms with Gasteiger partial charge in [-0.3, -0.25) is 0 Å². The fourth-order valence-corrected chi connectivity index (χ4v) is 5.06. The van der Waals surface area contributed by atoms with Crippen LogP contribution in [0.25, 0.3) is 0 Å². The van der Waals surface area contributed by atoms with Gasteiger partial charge < -0.3 is 4.79 Å². The van der Waals surface area contributed by atoms with E-state index in [1.807, 2.05) is 0 Å². The van der Waals surface area contributed by atoms with E-state index in [9.17, 15) is 4.79 Å². The molecule has 0 spiro atoms. The van der Waals surface area contributed by atoms with Gasteiger partial charge in [0.05, 0.1) is 0 Å². The third kappa shape index (κ3) is 2.67. The highest BCUT2D eigenvalue weighted by Crippen LogP contribution is 2.55. The summed E-state index contributed by atoms with van der Waals surface area (Å²) in [4.78, 5) is 10.9. The molecule has 1 heteroatoms. The Labute approximate surface area is 129 Å². The second-order valence-electron chi connectivity index (χ2n) is 7.89. The summed E-state index contributed by atoms with van der Waals surface area (Å²) in [6.07, 6.45) is 8.09. The van der Waals surface area contributed by atoms with Gasteiger partial charge >= 0.3 is 0 Å². The summed E-state index contributed by atoms with van der Waals surface area (Å²) in [5, 5.41) is 0. The molecule has 1 nitrogen and oxygen atoms in total. The van der Waals surface area contributed by atoms with Gasteiger partial charge in [-0.05, 0) is 73.3 Å². The normalized spacial score (nSPS) is 30.3. The Morgan fingerprint density at radius 1 is 1.29 bits per heavy atom. The molecule has 1 saturated carbocycles. The standard InChI is InChI=1S/C20H28O/c1-14-6-8-16-15(13-14)7-9-18-17(16)10-11-20(2,3)19(18)5-4-12-21/h6,8,12-13,17-19H,4-5,7,9-11H2,1-3H3. The number of hydrogen-bond donors (Lipinski definition) is 0. The van der Waals surface area contributed by atoms with Crippen molar-refractivity contribution in [2.75, 3.05) is 0 Å². The third-order valence-corrected chi connectivity index (χ3v) is 6.18. The van der Waals surface area contributed by atoms with Gasteiger partial charge in [0, 0.05) is 6.42 Å². The predicted octanol–water partition coefficient (Wildman–Crippen LogP) is 5.06. The number of carbonyl (C=O) groups excluding carboxylic acids is 1. The zero-order chi connectivity index (χ0) is 15.0. The lowest BCUT2D eigenvalue weighted by Gasteiger charge is -2.51. The van der Waals surface area contributed by atoms with E-state index < -0.39 is 0 Å². The Bertz CT molecular complexity index is 529. The number of fused-ring (bicyclic) bond motifs is 3. The van der Waals surface area contributed by atoms with E-state index in [1.165, 1.54) is 31.2 Å². The van der Waals surface area contributed by atoms with Crippen molar-refractivity contribution in [3.8, 4) is 0 Å². The Morgan fingerprint density at radius 2 is 2.10 bits per heavy atom. The maximum absolute atomic E-state index is 10.9. The first-order valence-corrected chi connectivity index (χ1v) is 8.56. The molecule has 0 aromatic heterocycles. The van der Waals surface area contributed by atoms with Crippen LogP contribution in [-0.4, -0.2) is 6.29 Å². The number of hydrogen-bond acceptors (Lipinski definition) is 1. The second kappa shape index (κ2) is 5.59. The highest BCUT2D eigenvalue weighted by atomic mass is 16.1. The lowest BCUT2D eigenvalue weighted by molar-refractivity contribution is -0.108. The Kier molecular flexibility index (Phi) is 3.94. The van der Waals surface area contributed by atoms with Crippen LogP contribution in [0.5, 0.6) is 0 Å². The van der Waals surface area contributed by atoms with Crippen LogP contribution in [0.4, 0.5) is 0 Å². The molecule has 2 aliphatic rings. The molecule has 0 bridgehead atoms. The van der Waals surface area contributed by atoms with Crippen molar-refractivity contribution < 1.29 is 4.79 Å². The van der Waals surface area contributed by atoms with Crippen LogP contribution in [0.2, 0.25) is 0 Å². The van der Waals surface area contributed by atoms with Crippen molar-refractivity contribution in [2.24, 2.45) is 17.3 Å². The monoisotopic (exact) mass is 284 g/mol. The van der Waals surface area contributed by atoms with Crippen LogP contribution in [0, 0.1) is 24.2 Å². The van der Waals surface area contributed by atoms with E-state index in [-0.39, 0.29) is 0 Å². The summed E-state index contributed by atoms with van der Waals surface area (Å²) in [5.41, 5.74) is 4.99. The Morgan fingerprint density at radius 3 is 2.86 bits per heavy atom. The van der Waals surface area contributed by atoms with E-state index in [0.717, 1.165) is 31.0 Å². The lowest BCUT2D eigenvalue weighted by atomic mass is 9.54. The van der Waals surface area contributed by atoms with Gasteiger partial charge in [-0.15, -0.1) is 0 Å². The smallest absolute Gasteiger partial charge is 0.120 e. The lowest BCUT2D eigenvalue weighted by Crippen LogP contribution is -2.41. The fourth-order valence-electron chi connectivity index (χ4n) is 5.06.